The Kier molecular flexibility index (Phi) is 7.43. The number of carboxylic acid groups (broad SMARTS) is 1. The molecule has 4 aromatic carbocycles. The number of amides is 1. The fraction of sp³-hybridized carbons (Fsp3) is 0.0968. The summed E-state index contributed by atoms with van der Waals surface area (Å²) in [4.78, 5) is 24.6. The standard InChI is InChI=1S/C31H24ClNO5/c32-24-12-9-22(10-13-24)23-11-16-26-27(18-23)38-30(31(35)36)29(26)33-28(34)17-8-20-6-14-25(15-7-20)37-19-21-4-2-1-3-5-21/h1-7,9-16,18H,8,17,19H2,(H,33,34)(H,35,36). The van der Waals surface area contributed by atoms with Gasteiger partial charge in [0.15, 0.2) is 0 Å². The fourth-order valence-electron chi connectivity index (χ4n) is 4.15. The molecule has 5 rings (SSSR count). The summed E-state index contributed by atoms with van der Waals surface area (Å²) < 4.78 is 11.4. The van der Waals surface area contributed by atoms with Crippen LogP contribution in [-0.2, 0) is 17.8 Å². The van der Waals surface area contributed by atoms with Gasteiger partial charge in [-0.05, 0) is 65.1 Å². The van der Waals surface area contributed by atoms with Crippen LogP contribution in [0.2, 0.25) is 5.02 Å². The minimum Gasteiger partial charge on any atom is -0.489 e. The van der Waals surface area contributed by atoms with E-state index >= 15 is 0 Å². The van der Waals surface area contributed by atoms with Crippen LogP contribution in [0, 0.1) is 0 Å². The first-order valence-electron chi connectivity index (χ1n) is 12.1. The highest BCUT2D eigenvalue weighted by Crippen LogP contribution is 2.34. The maximum atomic E-state index is 12.8. The molecule has 38 heavy (non-hydrogen) atoms. The predicted octanol–water partition coefficient (Wildman–Crippen LogP) is 7.60. The van der Waals surface area contributed by atoms with Crippen molar-refractivity contribution in [2.24, 2.45) is 0 Å². The SMILES string of the molecule is O=C(CCc1ccc(OCc2ccccc2)cc1)Nc1c(C(=O)O)oc2cc(-c3ccc(Cl)cc3)ccc12. The minimum absolute atomic E-state index is 0.157. The molecule has 6 nitrogen and oxygen atoms in total. The topological polar surface area (TPSA) is 88.8 Å². The molecule has 0 spiro atoms. The number of aromatic carboxylic acids is 1. The second kappa shape index (κ2) is 11.2. The van der Waals surface area contributed by atoms with Crippen molar-refractivity contribution in [3.8, 4) is 16.9 Å². The van der Waals surface area contributed by atoms with Crippen LogP contribution in [0.4, 0.5) is 5.69 Å². The van der Waals surface area contributed by atoms with Gasteiger partial charge in [-0.1, -0.05) is 72.3 Å². The summed E-state index contributed by atoms with van der Waals surface area (Å²) in [5, 5.41) is 13.6. The molecule has 0 aliphatic carbocycles. The predicted molar refractivity (Wildman–Crippen MR) is 148 cm³/mol. The largest absolute Gasteiger partial charge is 0.489 e. The monoisotopic (exact) mass is 525 g/mol. The van der Waals surface area contributed by atoms with Gasteiger partial charge in [0.1, 0.15) is 23.6 Å². The third kappa shape index (κ3) is 5.88. The Morgan fingerprint density at radius 1 is 0.842 bits per heavy atom. The van der Waals surface area contributed by atoms with Crippen molar-refractivity contribution in [1.82, 2.24) is 0 Å². The van der Waals surface area contributed by atoms with E-state index in [0.29, 0.717) is 29.0 Å². The molecular weight excluding hydrogens is 502 g/mol. The number of furan rings is 1. The first-order chi connectivity index (χ1) is 18.5. The van der Waals surface area contributed by atoms with E-state index in [-0.39, 0.29) is 23.8 Å². The Bertz CT molecular complexity index is 1580. The van der Waals surface area contributed by atoms with Crippen molar-refractivity contribution in [3.63, 3.8) is 0 Å². The number of hydrogen-bond acceptors (Lipinski definition) is 4. The van der Waals surface area contributed by atoms with E-state index in [1.807, 2.05) is 72.8 Å². The second-order valence-electron chi connectivity index (χ2n) is 8.80. The van der Waals surface area contributed by atoms with Crippen molar-refractivity contribution in [1.29, 1.82) is 0 Å². The Morgan fingerprint density at radius 2 is 1.55 bits per heavy atom. The van der Waals surface area contributed by atoms with Gasteiger partial charge in [0, 0.05) is 16.8 Å². The van der Waals surface area contributed by atoms with Gasteiger partial charge in [-0.25, -0.2) is 4.79 Å². The van der Waals surface area contributed by atoms with Gasteiger partial charge in [0.25, 0.3) is 0 Å². The van der Waals surface area contributed by atoms with Gasteiger partial charge < -0.3 is 19.6 Å². The first-order valence-corrected chi connectivity index (χ1v) is 12.5. The Balaban J connectivity index is 1.24. The summed E-state index contributed by atoms with van der Waals surface area (Å²) >= 11 is 5.98. The van der Waals surface area contributed by atoms with Gasteiger partial charge in [-0.2, -0.15) is 0 Å². The van der Waals surface area contributed by atoms with E-state index in [1.165, 1.54) is 0 Å². The number of anilines is 1. The molecule has 1 amide bonds. The lowest BCUT2D eigenvalue weighted by Crippen LogP contribution is -2.14. The lowest BCUT2D eigenvalue weighted by Gasteiger charge is -2.08. The second-order valence-corrected chi connectivity index (χ2v) is 9.23. The highest BCUT2D eigenvalue weighted by molar-refractivity contribution is 6.30. The van der Waals surface area contributed by atoms with E-state index in [2.05, 4.69) is 5.32 Å². The summed E-state index contributed by atoms with van der Waals surface area (Å²) in [7, 11) is 0. The summed E-state index contributed by atoms with van der Waals surface area (Å²) in [6.07, 6.45) is 0.669. The molecule has 7 heteroatoms. The molecule has 1 heterocycles. The molecule has 0 saturated heterocycles. The number of ether oxygens (including phenoxy) is 1. The van der Waals surface area contributed by atoms with E-state index < -0.39 is 5.97 Å². The number of rotatable bonds is 9. The average Bonchev–Trinajstić information content (AvgIpc) is 3.30. The van der Waals surface area contributed by atoms with Crippen molar-refractivity contribution in [2.45, 2.75) is 19.4 Å². The summed E-state index contributed by atoms with van der Waals surface area (Å²) in [5.41, 5.74) is 4.33. The van der Waals surface area contributed by atoms with Gasteiger partial charge in [-0.15, -0.1) is 0 Å². The zero-order chi connectivity index (χ0) is 26.5. The van der Waals surface area contributed by atoms with Gasteiger partial charge in [0.05, 0.1) is 0 Å². The zero-order valence-electron chi connectivity index (χ0n) is 20.3. The van der Waals surface area contributed by atoms with E-state index in [9.17, 15) is 14.7 Å². The average molecular weight is 526 g/mol. The fourth-order valence-corrected chi connectivity index (χ4v) is 4.27. The molecule has 190 valence electrons. The Labute approximate surface area is 224 Å². The lowest BCUT2D eigenvalue weighted by atomic mass is 10.0. The summed E-state index contributed by atoms with van der Waals surface area (Å²) in [5.74, 6) is -1.12. The molecule has 5 aromatic rings. The van der Waals surface area contributed by atoms with E-state index in [0.717, 1.165) is 28.0 Å². The lowest BCUT2D eigenvalue weighted by molar-refractivity contribution is -0.116. The molecule has 0 bridgehead atoms. The maximum absolute atomic E-state index is 12.8. The molecule has 0 atom stereocenters. The molecule has 0 radical (unpaired) electrons. The summed E-state index contributed by atoms with van der Waals surface area (Å²) in [6.45, 7) is 0.481. The first kappa shape index (κ1) is 25.1. The zero-order valence-corrected chi connectivity index (χ0v) is 21.1. The third-order valence-electron chi connectivity index (χ3n) is 6.14. The van der Waals surface area contributed by atoms with Crippen LogP contribution in [0.5, 0.6) is 5.75 Å². The van der Waals surface area contributed by atoms with Crippen LogP contribution >= 0.6 is 11.6 Å². The Morgan fingerprint density at radius 3 is 2.26 bits per heavy atom. The van der Waals surface area contributed by atoms with Crippen LogP contribution in [0.3, 0.4) is 0 Å². The molecule has 0 saturated carbocycles. The van der Waals surface area contributed by atoms with Crippen LogP contribution in [0.25, 0.3) is 22.1 Å². The van der Waals surface area contributed by atoms with E-state index in [1.54, 1.807) is 24.3 Å². The van der Waals surface area contributed by atoms with Gasteiger partial charge >= 0.3 is 5.97 Å². The molecule has 0 aliphatic rings. The molecule has 2 N–H and O–H groups in total. The quantitative estimate of drug-likeness (QED) is 0.207. The molecule has 0 aliphatic heterocycles. The number of carbonyl (C=O) groups is 2. The van der Waals surface area contributed by atoms with Gasteiger partial charge in [-0.3, -0.25) is 4.79 Å². The van der Waals surface area contributed by atoms with Crippen molar-refractivity contribution < 1.29 is 23.8 Å². The number of halogens is 1. The van der Waals surface area contributed by atoms with Crippen LogP contribution < -0.4 is 10.1 Å². The van der Waals surface area contributed by atoms with Crippen molar-refractivity contribution in [2.75, 3.05) is 5.32 Å². The number of hydrogen-bond donors (Lipinski definition) is 2. The van der Waals surface area contributed by atoms with Crippen molar-refractivity contribution in [3.05, 3.63) is 119 Å². The van der Waals surface area contributed by atoms with Crippen LogP contribution in [0.1, 0.15) is 28.1 Å². The van der Waals surface area contributed by atoms with E-state index in [4.69, 9.17) is 20.8 Å². The highest BCUT2D eigenvalue weighted by Gasteiger charge is 2.22. The number of carbonyl (C=O) groups excluding carboxylic acids is 1. The number of fused-ring (bicyclic) bond motifs is 1. The van der Waals surface area contributed by atoms with Crippen molar-refractivity contribution >= 4 is 40.1 Å². The van der Waals surface area contributed by atoms with Gasteiger partial charge in [0.2, 0.25) is 11.7 Å². The highest BCUT2D eigenvalue weighted by atomic mass is 35.5. The van der Waals surface area contributed by atoms with Crippen LogP contribution in [0.15, 0.2) is 101 Å². The maximum Gasteiger partial charge on any atom is 0.374 e. The summed E-state index contributed by atoms with van der Waals surface area (Å²) in [6, 6.07) is 30.2. The molecule has 0 fully saturated rings. The number of benzene rings is 4. The minimum atomic E-state index is -1.25. The Hall–Kier alpha value is -4.55. The molecule has 1 aromatic heterocycles. The van der Waals surface area contributed by atoms with Crippen LogP contribution in [-0.4, -0.2) is 17.0 Å². The third-order valence-corrected chi connectivity index (χ3v) is 6.39. The normalized spacial score (nSPS) is 10.9. The number of nitrogens with one attached hydrogen (secondary N) is 1. The molecular formula is C31H24ClNO5. The molecule has 0 unspecified atom stereocenters. The number of aryl methyl sites for hydroxylation is 1. The number of carboxylic acids is 1. The smallest absolute Gasteiger partial charge is 0.374 e.